The van der Waals surface area contributed by atoms with E-state index in [1.54, 1.807) is 30.3 Å². The van der Waals surface area contributed by atoms with Crippen molar-refractivity contribution in [3.05, 3.63) is 64.4 Å². The molecule has 0 amide bonds. The van der Waals surface area contributed by atoms with Gasteiger partial charge in [-0.3, -0.25) is 4.79 Å². The molecule has 7 heteroatoms. The third-order valence-corrected chi connectivity index (χ3v) is 4.75. The highest BCUT2D eigenvalue weighted by molar-refractivity contribution is 7.80. The van der Waals surface area contributed by atoms with Crippen LogP contribution >= 0.6 is 23.8 Å². The van der Waals surface area contributed by atoms with Gasteiger partial charge < -0.3 is 14.4 Å². The molecule has 2 aromatic carbocycles. The van der Waals surface area contributed by atoms with E-state index in [4.69, 9.17) is 33.3 Å². The first-order valence-corrected chi connectivity index (χ1v) is 8.93. The van der Waals surface area contributed by atoms with Crippen LogP contribution in [0, 0.1) is 5.82 Å². The SMILES string of the molecule is O=C(Cc1ccc(F)cc1)Oc1ccc(C(=S)N2CCOCC2)cc1Cl. The average Bonchev–Trinajstić information content (AvgIpc) is 2.65. The van der Waals surface area contributed by atoms with E-state index in [2.05, 4.69) is 4.90 Å². The minimum absolute atomic E-state index is 0.0323. The van der Waals surface area contributed by atoms with Crippen LogP contribution in [0.15, 0.2) is 42.5 Å². The van der Waals surface area contributed by atoms with Crippen molar-refractivity contribution in [2.24, 2.45) is 0 Å². The van der Waals surface area contributed by atoms with E-state index in [-0.39, 0.29) is 18.0 Å². The molecule has 0 radical (unpaired) electrons. The van der Waals surface area contributed by atoms with Crippen molar-refractivity contribution in [1.82, 2.24) is 4.90 Å². The lowest BCUT2D eigenvalue weighted by molar-refractivity contribution is -0.133. The number of carbonyl (C=O) groups excluding carboxylic acids is 1. The van der Waals surface area contributed by atoms with E-state index in [1.165, 1.54) is 12.1 Å². The van der Waals surface area contributed by atoms with Gasteiger partial charge in [0.15, 0.2) is 0 Å². The van der Waals surface area contributed by atoms with Crippen LogP contribution < -0.4 is 4.74 Å². The molecule has 0 atom stereocenters. The lowest BCUT2D eigenvalue weighted by Gasteiger charge is -2.29. The number of carbonyl (C=O) groups is 1. The van der Waals surface area contributed by atoms with Gasteiger partial charge in [0.05, 0.1) is 24.7 Å². The van der Waals surface area contributed by atoms with Crippen molar-refractivity contribution in [1.29, 1.82) is 0 Å². The van der Waals surface area contributed by atoms with Gasteiger partial charge in [0.2, 0.25) is 0 Å². The summed E-state index contributed by atoms with van der Waals surface area (Å²) >= 11 is 11.8. The summed E-state index contributed by atoms with van der Waals surface area (Å²) < 4.78 is 23.5. The first-order chi connectivity index (χ1) is 12.5. The van der Waals surface area contributed by atoms with E-state index >= 15 is 0 Å². The number of nitrogens with zero attached hydrogens (tertiary/aromatic N) is 1. The normalized spacial score (nSPS) is 14.2. The topological polar surface area (TPSA) is 38.8 Å². The number of ether oxygens (including phenoxy) is 2. The summed E-state index contributed by atoms with van der Waals surface area (Å²) in [6.07, 6.45) is 0.0323. The Morgan fingerprint density at radius 3 is 2.54 bits per heavy atom. The molecule has 1 aliphatic rings. The highest BCUT2D eigenvalue weighted by atomic mass is 35.5. The number of hydrogen-bond acceptors (Lipinski definition) is 4. The summed E-state index contributed by atoms with van der Waals surface area (Å²) in [5.41, 5.74) is 1.46. The summed E-state index contributed by atoms with van der Waals surface area (Å²) in [7, 11) is 0. The molecule has 1 aliphatic heterocycles. The molecule has 26 heavy (non-hydrogen) atoms. The lowest BCUT2D eigenvalue weighted by Crippen LogP contribution is -2.40. The Morgan fingerprint density at radius 2 is 1.88 bits per heavy atom. The third-order valence-electron chi connectivity index (χ3n) is 3.96. The molecule has 4 nitrogen and oxygen atoms in total. The molecule has 1 saturated heterocycles. The van der Waals surface area contributed by atoms with Crippen molar-refractivity contribution < 1.29 is 18.7 Å². The van der Waals surface area contributed by atoms with Crippen molar-refractivity contribution in [3.63, 3.8) is 0 Å². The number of rotatable bonds is 4. The molecule has 1 fully saturated rings. The van der Waals surface area contributed by atoms with Gasteiger partial charge >= 0.3 is 5.97 Å². The second kappa shape index (κ2) is 8.58. The van der Waals surface area contributed by atoms with Crippen LogP contribution in [0.25, 0.3) is 0 Å². The number of thiocarbonyl (C=S) groups is 1. The summed E-state index contributed by atoms with van der Waals surface area (Å²) in [5.74, 6) is -0.550. The van der Waals surface area contributed by atoms with Crippen LogP contribution in [0.5, 0.6) is 5.75 Å². The maximum Gasteiger partial charge on any atom is 0.315 e. The van der Waals surface area contributed by atoms with Crippen LogP contribution in [0.2, 0.25) is 5.02 Å². The second-order valence-corrected chi connectivity index (χ2v) is 6.62. The van der Waals surface area contributed by atoms with Gasteiger partial charge in [-0.25, -0.2) is 4.39 Å². The van der Waals surface area contributed by atoms with E-state index in [9.17, 15) is 9.18 Å². The molecule has 0 aromatic heterocycles. The standard InChI is InChI=1S/C19H17ClFNO3S/c20-16-12-14(19(26)22-7-9-24-10-8-22)3-6-17(16)25-18(23)11-13-1-4-15(21)5-2-13/h1-6,12H,7-11H2. The maximum atomic E-state index is 12.9. The minimum Gasteiger partial charge on any atom is -0.425 e. The second-order valence-electron chi connectivity index (χ2n) is 5.83. The zero-order valence-electron chi connectivity index (χ0n) is 13.9. The van der Waals surface area contributed by atoms with Gasteiger partial charge in [0, 0.05) is 18.7 Å². The molecule has 0 bridgehead atoms. The molecule has 3 rings (SSSR count). The fraction of sp³-hybridized carbons (Fsp3) is 0.263. The highest BCUT2D eigenvalue weighted by Crippen LogP contribution is 2.27. The predicted molar refractivity (Wildman–Crippen MR) is 101 cm³/mol. The molecule has 1 heterocycles. The van der Waals surface area contributed by atoms with Crippen LogP contribution in [0.3, 0.4) is 0 Å². The third kappa shape index (κ3) is 4.78. The van der Waals surface area contributed by atoms with Gasteiger partial charge in [-0.2, -0.15) is 0 Å². The van der Waals surface area contributed by atoms with Gasteiger partial charge in [0.1, 0.15) is 16.6 Å². The Balaban J connectivity index is 1.64. The summed E-state index contributed by atoms with van der Waals surface area (Å²) in [5, 5.41) is 0.311. The fourth-order valence-corrected chi connectivity index (χ4v) is 3.12. The molecular formula is C19H17ClFNO3S. The lowest BCUT2D eigenvalue weighted by atomic mass is 10.1. The van der Waals surface area contributed by atoms with Crippen LogP contribution in [0.1, 0.15) is 11.1 Å². The Bertz CT molecular complexity index is 807. The van der Waals surface area contributed by atoms with E-state index in [1.807, 2.05) is 0 Å². The van der Waals surface area contributed by atoms with Crippen molar-refractivity contribution >= 4 is 34.8 Å². The summed E-state index contributed by atoms with van der Waals surface area (Å²) in [6, 6.07) is 10.8. The predicted octanol–water partition coefficient (Wildman–Crippen LogP) is 3.63. The van der Waals surface area contributed by atoms with Crippen LogP contribution in [-0.2, 0) is 16.0 Å². The van der Waals surface area contributed by atoms with Crippen molar-refractivity contribution in [3.8, 4) is 5.75 Å². The molecule has 0 spiro atoms. The number of halogens is 2. The largest absolute Gasteiger partial charge is 0.425 e. The molecular weight excluding hydrogens is 377 g/mol. The Labute approximate surface area is 161 Å². The number of hydrogen-bond donors (Lipinski definition) is 0. The smallest absolute Gasteiger partial charge is 0.315 e. The molecule has 0 unspecified atom stereocenters. The quantitative estimate of drug-likeness (QED) is 0.450. The molecule has 0 aliphatic carbocycles. The fourth-order valence-electron chi connectivity index (χ4n) is 2.59. The van der Waals surface area contributed by atoms with E-state index in [0.717, 1.165) is 18.7 Å². The van der Waals surface area contributed by atoms with Gasteiger partial charge in [-0.1, -0.05) is 36.0 Å². The maximum absolute atomic E-state index is 12.9. The van der Waals surface area contributed by atoms with Gasteiger partial charge in [-0.15, -0.1) is 0 Å². The number of benzene rings is 2. The summed E-state index contributed by atoms with van der Waals surface area (Å²) in [4.78, 5) is 14.8. The first-order valence-electron chi connectivity index (χ1n) is 8.14. The number of esters is 1. The number of morpholine rings is 1. The zero-order chi connectivity index (χ0) is 18.5. The Morgan fingerprint density at radius 1 is 1.19 bits per heavy atom. The van der Waals surface area contributed by atoms with Crippen LogP contribution in [-0.4, -0.2) is 42.2 Å². The Hall–Kier alpha value is -2.02. The average molecular weight is 394 g/mol. The van der Waals surface area contributed by atoms with Gasteiger partial charge in [0.25, 0.3) is 0 Å². The monoisotopic (exact) mass is 393 g/mol. The molecule has 2 aromatic rings. The van der Waals surface area contributed by atoms with Crippen molar-refractivity contribution in [2.75, 3.05) is 26.3 Å². The highest BCUT2D eigenvalue weighted by Gasteiger charge is 2.17. The summed E-state index contributed by atoms with van der Waals surface area (Å²) in [6.45, 7) is 2.77. The first kappa shape index (κ1) is 18.8. The van der Waals surface area contributed by atoms with Crippen molar-refractivity contribution in [2.45, 2.75) is 6.42 Å². The van der Waals surface area contributed by atoms with Gasteiger partial charge in [-0.05, 0) is 35.9 Å². The molecule has 0 saturated carbocycles. The molecule has 0 N–H and O–H groups in total. The minimum atomic E-state index is -0.470. The van der Waals surface area contributed by atoms with E-state index in [0.29, 0.717) is 28.8 Å². The van der Waals surface area contributed by atoms with Crippen LogP contribution in [0.4, 0.5) is 4.39 Å². The van der Waals surface area contributed by atoms with E-state index < -0.39 is 5.97 Å². The Kier molecular flexibility index (Phi) is 6.19. The zero-order valence-corrected chi connectivity index (χ0v) is 15.5. The molecule has 136 valence electrons.